The van der Waals surface area contributed by atoms with E-state index in [2.05, 4.69) is 36.1 Å². The first-order valence-corrected chi connectivity index (χ1v) is 4.06. The van der Waals surface area contributed by atoms with Crippen molar-refractivity contribution >= 4 is 40.8 Å². The number of hydrogen-bond donors (Lipinski definition) is 2. The Balaban J connectivity index is 2.81. The molecule has 4 nitrogen and oxygen atoms in total. The SMILES string of the molecule is [B]Nc1ncnc2c(Br)c[nH]c12. The van der Waals surface area contributed by atoms with Crippen LogP contribution < -0.4 is 5.23 Å². The average Bonchev–Trinajstić information content (AvgIpc) is 2.48. The lowest BCUT2D eigenvalue weighted by Gasteiger charge is -1.98. The summed E-state index contributed by atoms with van der Waals surface area (Å²) in [5.74, 6) is 0.589. The first-order chi connectivity index (χ1) is 5.83. The molecule has 0 bridgehead atoms. The lowest BCUT2D eigenvalue weighted by atomic mass is 10.3. The number of aromatic amines is 1. The van der Waals surface area contributed by atoms with Crippen molar-refractivity contribution in [1.82, 2.24) is 15.0 Å². The fourth-order valence-electron chi connectivity index (χ4n) is 1.02. The van der Waals surface area contributed by atoms with E-state index in [0.29, 0.717) is 5.82 Å². The second-order valence-corrected chi connectivity index (χ2v) is 3.08. The number of aromatic nitrogens is 3. The van der Waals surface area contributed by atoms with Gasteiger partial charge in [-0.25, -0.2) is 9.97 Å². The fraction of sp³-hybridized carbons (Fsp3) is 0. The number of hydrogen-bond acceptors (Lipinski definition) is 3. The Morgan fingerprint density at radius 3 is 3.08 bits per heavy atom. The summed E-state index contributed by atoms with van der Waals surface area (Å²) >= 11 is 3.34. The highest BCUT2D eigenvalue weighted by Gasteiger charge is 2.05. The van der Waals surface area contributed by atoms with Gasteiger partial charge >= 0.3 is 0 Å². The monoisotopic (exact) mass is 222 g/mol. The third kappa shape index (κ3) is 0.990. The molecule has 0 aliphatic heterocycles. The van der Waals surface area contributed by atoms with Gasteiger partial charge < -0.3 is 10.2 Å². The molecule has 2 aromatic heterocycles. The Bertz CT molecular complexity index is 413. The molecular weight excluding hydrogens is 219 g/mol. The number of anilines is 1. The van der Waals surface area contributed by atoms with Crippen LogP contribution in [0, 0.1) is 0 Å². The zero-order valence-electron chi connectivity index (χ0n) is 6.00. The average molecular weight is 223 g/mol. The maximum absolute atomic E-state index is 5.25. The molecule has 0 fully saturated rings. The van der Waals surface area contributed by atoms with Crippen LogP contribution in [0.4, 0.5) is 5.82 Å². The summed E-state index contributed by atoms with van der Waals surface area (Å²) in [5, 5.41) is 2.48. The number of fused-ring (bicyclic) bond motifs is 1. The van der Waals surface area contributed by atoms with Crippen molar-refractivity contribution in [3.63, 3.8) is 0 Å². The molecule has 0 saturated carbocycles. The molecule has 0 aliphatic carbocycles. The molecule has 2 radical (unpaired) electrons. The maximum atomic E-state index is 5.25. The van der Waals surface area contributed by atoms with Crippen molar-refractivity contribution in [2.24, 2.45) is 0 Å². The van der Waals surface area contributed by atoms with Crippen LogP contribution in [0.25, 0.3) is 11.0 Å². The van der Waals surface area contributed by atoms with Gasteiger partial charge in [0.25, 0.3) is 0 Å². The van der Waals surface area contributed by atoms with Gasteiger partial charge in [0.2, 0.25) is 7.98 Å². The van der Waals surface area contributed by atoms with Gasteiger partial charge in [-0.05, 0) is 15.9 Å². The molecule has 2 N–H and O–H groups in total. The first-order valence-electron chi connectivity index (χ1n) is 3.27. The smallest absolute Gasteiger partial charge is 0.224 e. The van der Waals surface area contributed by atoms with Crippen molar-refractivity contribution in [2.45, 2.75) is 0 Å². The minimum absolute atomic E-state index is 0.589. The van der Waals surface area contributed by atoms with Crippen LogP contribution in [0.1, 0.15) is 0 Å². The van der Waals surface area contributed by atoms with Crippen molar-refractivity contribution < 1.29 is 0 Å². The molecule has 0 amide bonds. The van der Waals surface area contributed by atoms with Crippen LogP contribution in [-0.4, -0.2) is 22.9 Å². The second-order valence-electron chi connectivity index (χ2n) is 2.23. The van der Waals surface area contributed by atoms with E-state index in [1.165, 1.54) is 6.33 Å². The van der Waals surface area contributed by atoms with E-state index in [9.17, 15) is 0 Å². The van der Waals surface area contributed by atoms with Crippen LogP contribution >= 0.6 is 15.9 Å². The summed E-state index contributed by atoms with van der Waals surface area (Å²) in [5.41, 5.74) is 1.62. The highest BCUT2D eigenvalue weighted by molar-refractivity contribution is 9.10. The number of H-pyrrole nitrogens is 1. The third-order valence-corrected chi connectivity index (χ3v) is 2.16. The number of halogens is 1. The molecule has 0 saturated heterocycles. The van der Waals surface area contributed by atoms with E-state index in [4.69, 9.17) is 7.98 Å². The van der Waals surface area contributed by atoms with Crippen molar-refractivity contribution in [2.75, 3.05) is 5.23 Å². The zero-order chi connectivity index (χ0) is 8.55. The van der Waals surface area contributed by atoms with Gasteiger partial charge in [-0.15, -0.1) is 0 Å². The van der Waals surface area contributed by atoms with Gasteiger partial charge in [0.15, 0.2) is 0 Å². The van der Waals surface area contributed by atoms with Gasteiger partial charge in [-0.1, -0.05) is 0 Å². The molecule has 6 heteroatoms. The van der Waals surface area contributed by atoms with E-state index in [1.54, 1.807) is 6.20 Å². The first kappa shape index (κ1) is 7.61. The third-order valence-electron chi connectivity index (χ3n) is 1.55. The topological polar surface area (TPSA) is 53.6 Å². The van der Waals surface area contributed by atoms with Gasteiger partial charge in [-0.2, -0.15) is 0 Å². The minimum atomic E-state index is 0.589. The number of rotatable bonds is 1. The normalized spacial score (nSPS) is 10.4. The maximum Gasteiger partial charge on any atom is 0.224 e. The highest BCUT2D eigenvalue weighted by atomic mass is 79.9. The summed E-state index contributed by atoms with van der Waals surface area (Å²) in [6, 6.07) is 0. The Hall–Kier alpha value is -1.04. The standard InChI is InChI=1S/C6H4BBrN4/c7-12-6-5-4(10-2-11-6)3(8)1-9-5/h1-2,9H,(H,10,11,12). The largest absolute Gasteiger partial charge is 0.421 e. The van der Waals surface area contributed by atoms with Gasteiger partial charge in [-0.3, -0.25) is 0 Å². The molecule has 0 aromatic carbocycles. The van der Waals surface area contributed by atoms with E-state index in [-0.39, 0.29) is 0 Å². The Morgan fingerprint density at radius 1 is 1.50 bits per heavy atom. The molecule has 0 spiro atoms. The zero-order valence-corrected chi connectivity index (χ0v) is 7.59. The minimum Gasteiger partial charge on any atom is -0.421 e. The van der Waals surface area contributed by atoms with Crippen molar-refractivity contribution in [3.8, 4) is 0 Å². The molecule has 0 unspecified atom stereocenters. The quantitative estimate of drug-likeness (QED) is 0.714. The van der Waals surface area contributed by atoms with Crippen molar-refractivity contribution in [3.05, 3.63) is 17.0 Å². The molecule has 58 valence electrons. The summed E-state index contributed by atoms with van der Waals surface area (Å²) in [7, 11) is 5.25. The Kier molecular flexibility index (Phi) is 1.76. The Morgan fingerprint density at radius 2 is 2.33 bits per heavy atom. The predicted octanol–water partition coefficient (Wildman–Crippen LogP) is 1.22. The summed E-state index contributed by atoms with van der Waals surface area (Å²) in [6.07, 6.45) is 3.25. The van der Waals surface area contributed by atoms with Crippen LogP contribution in [0.5, 0.6) is 0 Å². The summed E-state index contributed by atoms with van der Waals surface area (Å²) in [6.45, 7) is 0. The molecule has 2 heterocycles. The van der Waals surface area contributed by atoms with Crippen LogP contribution in [0.2, 0.25) is 0 Å². The summed E-state index contributed by atoms with van der Waals surface area (Å²) in [4.78, 5) is 11.0. The van der Waals surface area contributed by atoms with E-state index in [1.807, 2.05) is 0 Å². The van der Waals surface area contributed by atoms with Gasteiger partial charge in [0, 0.05) is 6.20 Å². The van der Waals surface area contributed by atoms with Crippen LogP contribution in [-0.2, 0) is 0 Å². The van der Waals surface area contributed by atoms with Crippen LogP contribution in [0.15, 0.2) is 17.0 Å². The molecule has 0 atom stereocenters. The fourth-order valence-corrected chi connectivity index (χ4v) is 1.43. The molecule has 12 heavy (non-hydrogen) atoms. The molecule has 2 aromatic rings. The van der Waals surface area contributed by atoms with E-state index >= 15 is 0 Å². The predicted molar refractivity (Wildman–Crippen MR) is 51.0 cm³/mol. The summed E-state index contributed by atoms with van der Waals surface area (Å²) < 4.78 is 0.899. The molecule has 0 aliphatic rings. The molecular formula is C6H4BBrN4. The number of nitrogens with zero attached hydrogens (tertiary/aromatic N) is 2. The molecule has 2 rings (SSSR count). The van der Waals surface area contributed by atoms with E-state index in [0.717, 1.165) is 15.5 Å². The highest BCUT2D eigenvalue weighted by Crippen LogP contribution is 2.24. The van der Waals surface area contributed by atoms with Gasteiger partial charge in [0.1, 0.15) is 23.2 Å². The second kappa shape index (κ2) is 2.78. The van der Waals surface area contributed by atoms with E-state index < -0.39 is 0 Å². The Labute approximate surface area is 78.4 Å². The lowest BCUT2D eigenvalue weighted by Crippen LogP contribution is -1.95. The lowest BCUT2D eigenvalue weighted by molar-refractivity contribution is 1.22. The number of nitrogens with one attached hydrogen (secondary N) is 2. The van der Waals surface area contributed by atoms with Crippen LogP contribution in [0.3, 0.4) is 0 Å². The van der Waals surface area contributed by atoms with Crippen molar-refractivity contribution in [1.29, 1.82) is 0 Å². The van der Waals surface area contributed by atoms with Gasteiger partial charge in [0.05, 0.1) is 4.47 Å².